The number of nitriles is 1. The second kappa shape index (κ2) is 8.13. The molecule has 2 heterocycles. The topological polar surface area (TPSA) is 143 Å². The molecule has 4 N–H and O–H groups in total. The zero-order chi connectivity index (χ0) is 22.2. The number of carbonyl (C=O) groups is 2. The third-order valence-corrected chi connectivity index (χ3v) is 6.96. The first-order chi connectivity index (χ1) is 14.1. The minimum Gasteiger partial charge on any atom is -0.350 e. The summed E-state index contributed by atoms with van der Waals surface area (Å²) in [6.45, 7) is 2.91. The molecule has 0 spiro atoms. The number of benzene rings is 1. The van der Waals surface area contributed by atoms with E-state index in [-0.39, 0.29) is 16.3 Å². The van der Waals surface area contributed by atoms with Crippen LogP contribution in [-0.4, -0.2) is 56.0 Å². The zero-order valence-corrected chi connectivity index (χ0v) is 16.9. The van der Waals surface area contributed by atoms with Crippen LogP contribution in [0.3, 0.4) is 0 Å². The van der Waals surface area contributed by atoms with Crippen LogP contribution in [0, 0.1) is 28.9 Å². The number of hydrogen-bond donors (Lipinski definition) is 4. The van der Waals surface area contributed by atoms with Crippen LogP contribution in [0.4, 0.5) is 19.3 Å². The molecule has 3 unspecified atom stereocenters. The van der Waals surface area contributed by atoms with Crippen molar-refractivity contribution in [2.24, 2.45) is 5.92 Å². The van der Waals surface area contributed by atoms with E-state index in [0.29, 0.717) is 12.7 Å². The van der Waals surface area contributed by atoms with Crippen LogP contribution in [0.2, 0.25) is 0 Å². The summed E-state index contributed by atoms with van der Waals surface area (Å²) in [6, 6.07) is 1.35. The van der Waals surface area contributed by atoms with Crippen LogP contribution in [-0.2, 0) is 14.8 Å². The van der Waals surface area contributed by atoms with Crippen LogP contribution in [0.5, 0.6) is 0 Å². The molecule has 2 aliphatic heterocycles. The smallest absolute Gasteiger partial charge is 0.336 e. The Morgan fingerprint density at radius 3 is 2.77 bits per heavy atom. The lowest BCUT2D eigenvalue weighted by Crippen LogP contribution is -2.63. The van der Waals surface area contributed by atoms with Crippen molar-refractivity contribution >= 4 is 27.6 Å². The summed E-state index contributed by atoms with van der Waals surface area (Å²) in [4.78, 5) is 23.6. The highest BCUT2D eigenvalue weighted by Crippen LogP contribution is 2.33. The maximum atomic E-state index is 14.1. The molecule has 1 aromatic rings. The predicted molar refractivity (Wildman–Crippen MR) is 100 cm³/mol. The average Bonchev–Trinajstić information content (AvgIpc) is 2.67. The average molecular weight is 442 g/mol. The number of rotatable bonds is 4. The molecule has 3 amide bonds. The summed E-state index contributed by atoms with van der Waals surface area (Å²) >= 11 is 0. The van der Waals surface area contributed by atoms with Crippen LogP contribution in [0.25, 0.3) is 0 Å². The third-order valence-electron chi connectivity index (χ3n) is 5.17. The molecule has 162 valence electrons. The quantitative estimate of drug-likeness (QED) is 0.516. The molecule has 0 saturated carbocycles. The number of sulfonamides is 1. The fourth-order valence-electron chi connectivity index (χ4n) is 3.62. The van der Waals surface area contributed by atoms with Crippen molar-refractivity contribution in [3.8, 4) is 6.07 Å². The van der Waals surface area contributed by atoms with Crippen LogP contribution < -0.4 is 21.3 Å². The van der Waals surface area contributed by atoms with Gasteiger partial charge in [-0.15, -0.1) is 0 Å². The molecule has 0 bridgehead atoms. The van der Waals surface area contributed by atoms with Gasteiger partial charge < -0.3 is 10.6 Å². The van der Waals surface area contributed by atoms with E-state index in [1.54, 1.807) is 6.92 Å². The van der Waals surface area contributed by atoms with Crippen molar-refractivity contribution in [2.75, 3.05) is 18.5 Å². The van der Waals surface area contributed by atoms with Gasteiger partial charge in [0.2, 0.25) is 5.91 Å². The summed E-state index contributed by atoms with van der Waals surface area (Å²) < 4.78 is 53.1. The Hall–Kier alpha value is -2.82. The van der Waals surface area contributed by atoms with Gasteiger partial charge in [0.1, 0.15) is 17.5 Å². The fourth-order valence-corrected chi connectivity index (χ4v) is 5.11. The van der Waals surface area contributed by atoms with Crippen molar-refractivity contribution in [1.82, 2.24) is 20.3 Å². The van der Waals surface area contributed by atoms with E-state index in [9.17, 15) is 26.8 Å². The number of fused-ring (bicyclic) bond motifs is 1. The molecule has 10 nitrogen and oxygen atoms in total. The van der Waals surface area contributed by atoms with Gasteiger partial charge in [-0.2, -0.15) is 5.26 Å². The highest BCUT2D eigenvalue weighted by molar-refractivity contribution is 7.90. The SMILES string of the molecule is CC1C(C#N)NCNC1[C@H](C)NC(=O)CN1C(=O)Nc2ccc(F)c(F)c2S1(=O)=O. The van der Waals surface area contributed by atoms with Crippen LogP contribution >= 0.6 is 0 Å². The number of nitrogens with zero attached hydrogens (tertiary/aromatic N) is 2. The van der Waals surface area contributed by atoms with Gasteiger partial charge in [0.05, 0.1) is 11.8 Å². The maximum Gasteiger partial charge on any atom is 0.336 e. The first-order valence-corrected chi connectivity index (χ1v) is 10.5. The van der Waals surface area contributed by atoms with E-state index < -0.39 is 62.8 Å². The van der Waals surface area contributed by atoms with E-state index in [0.717, 1.165) is 6.07 Å². The first kappa shape index (κ1) is 21.9. The standard InChI is InChI=1S/C17H20F2N6O4S/c1-8-12(5-20)21-7-22-15(8)9(2)23-13(26)6-25-17(27)24-11-4-3-10(18)14(19)16(11)30(25,28)29/h3-4,8-9,12,15,21-22H,6-7H2,1-2H3,(H,23,26)(H,24,27)/t8?,9-,12?,15?/m0/s1. The van der Waals surface area contributed by atoms with E-state index >= 15 is 0 Å². The molecule has 0 aromatic heterocycles. The van der Waals surface area contributed by atoms with E-state index in [1.165, 1.54) is 0 Å². The number of nitrogens with one attached hydrogen (secondary N) is 4. The number of amides is 3. The lowest BCUT2D eigenvalue weighted by Gasteiger charge is -2.38. The van der Waals surface area contributed by atoms with Gasteiger partial charge in [-0.25, -0.2) is 26.3 Å². The van der Waals surface area contributed by atoms with E-state index in [1.807, 2.05) is 6.92 Å². The fraction of sp³-hybridized carbons (Fsp3) is 0.471. The molecule has 0 aliphatic carbocycles. The number of carbonyl (C=O) groups excluding carboxylic acids is 2. The molecular weight excluding hydrogens is 422 g/mol. The molecular formula is C17H20F2N6O4S. The summed E-state index contributed by atoms with van der Waals surface area (Å²) in [7, 11) is -4.79. The zero-order valence-electron chi connectivity index (χ0n) is 16.1. The number of hydrogen-bond acceptors (Lipinski definition) is 7. The van der Waals surface area contributed by atoms with Crippen molar-refractivity contribution in [2.45, 2.75) is 36.9 Å². The van der Waals surface area contributed by atoms with Crippen molar-refractivity contribution in [1.29, 1.82) is 5.26 Å². The van der Waals surface area contributed by atoms with Gasteiger partial charge in [0, 0.05) is 24.7 Å². The molecule has 4 atom stereocenters. The monoisotopic (exact) mass is 442 g/mol. The van der Waals surface area contributed by atoms with Gasteiger partial charge in [-0.05, 0) is 19.1 Å². The van der Waals surface area contributed by atoms with Crippen molar-refractivity contribution < 1.29 is 26.8 Å². The minimum atomic E-state index is -4.79. The minimum absolute atomic E-state index is 0.150. The molecule has 3 rings (SSSR count). The largest absolute Gasteiger partial charge is 0.350 e. The molecule has 2 aliphatic rings. The lowest BCUT2D eigenvalue weighted by atomic mass is 9.88. The van der Waals surface area contributed by atoms with E-state index in [2.05, 4.69) is 27.3 Å². The number of anilines is 1. The van der Waals surface area contributed by atoms with Crippen LogP contribution in [0.15, 0.2) is 17.0 Å². The van der Waals surface area contributed by atoms with E-state index in [4.69, 9.17) is 5.26 Å². The Labute approximate surface area is 171 Å². The molecule has 1 aromatic carbocycles. The summed E-state index contributed by atoms with van der Waals surface area (Å²) in [6.07, 6.45) is 0. The van der Waals surface area contributed by atoms with Crippen LogP contribution in [0.1, 0.15) is 13.8 Å². The Morgan fingerprint density at radius 2 is 2.10 bits per heavy atom. The van der Waals surface area contributed by atoms with Gasteiger partial charge >= 0.3 is 6.03 Å². The summed E-state index contributed by atoms with van der Waals surface area (Å²) in [5.74, 6) is -4.03. The van der Waals surface area contributed by atoms with Gasteiger partial charge in [0.15, 0.2) is 11.6 Å². The Kier molecular flexibility index (Phi) is 5.93. The Bertz CT molecular complexity index is 1030. The molecule has 1 fully saturated rings. The number of urea groups is 1. The Morgan fingerprint density at radius 1 is 1.40 bits per heavy atom. The second-order valence-electron chi connectivity index (χ2n) is 7.11. The van der Waals surface area contributed by atoms with Gasteiger partial charge in [0.25, 0.3) is 10.0 Å². The first-order valence-electron chi connectivity index (χ1n) is 9.05. The molecule has 1 saturated heterocycles. The normalized spacial score (nSPS) is 26.2. The summed E-state index contributed by atoms with van der Waals surface area (Å²) in [5, 5.41) is 20.0. The maximum absolute atomic E-state index is 14.1. The van der Waals surface area contributed by atoms with Gasteiger partial charge in [-0.1, -0.05) is 6.92 Å². The molecule has 13 heteroatoms. The predicted octanol–water partition coefficient (Wildman–Crippen LogP) is 0.0529. The molecule has 30 heavy (non-hydrogen) atoms. The Balaban J connectivity index is 1.76. The highest BCUT2D eigenvalue weighted by Gasteiger charge is 2.41. The van der Waals surface area contributed by atoms with Crippen molar-refractivity contribution in [3.63, 3.8) is 0 Å². The number of halogens is 2. The van der Waals surface area contributed by atoms with Crippen molar-refractivity contribution in [3.05, 3.63) is 23.8 Å². The lowest BCUT2D eigenvalue weighted by molar-refractivity contribution is -0.121. The highest BCUT2D eigenvalue weighted by atomic mass is 32.2. The molecule has 0 radical (unpaired) electrons. The third kappa shape index (κ3) is 3.81. The summed E-state index contributed by atoms with van der Waals surface area (Å²) in [5.41, 5.74) is -0.404. The second-order valence-corrected chi connectivity index (χ2v) is 8.91. The van der Waals surface area contributed by atoms with Gasteiger partial charge in [-0.3, -0.25) is 15.4 Å².